The number of ether oxygens (including phenoxy) is 1. The molecule has 0 atom stereocenters. The summed E-state index contributed by atoms with van der Waals surface area (Å²) in [6, 6.07) is 10.1. The standard InChI is InChI=1S/C26H33N5O5S/c32-31(33)23-7-9-24(28-12-4-5-13-28)21(18-23)20-27-22-6-8-25(29-10-2-1-3-11-29)26(19-22)37(34,35)30-14-16-36-17-15-30/h6-9,18-20H,1-5,10-17H2. The molecule has 3 aliphatic rings. The van der Waals surface area contributed by atoms with Gasteiger partial charge >= 0.3 is 0 Å². The number of nitro benzene ring substituents is 1. The van der Waals surface area contributed by atoms with Crippen LogP contribution < -0.4 is 9.80 Å². The lowest BCUT2D eigenvalue weighted by molar-refractivity contribution is -0.384. The normalized spacial score (nSPS) is 19.6. The van der Waals surface area contributed by atoms with Crippen LogP contribution in [0.4, 0.5) is 22.7 Å². The van der Waals surface area contributed by atoms with Gasteiger partial charge in [0.05, 0.1) is 29.5 Å². The minimum absolute atomic E-state index is 0.000396. The molecule has 0 aliphatic carbocycles. The molecular formula is C26H33N5O5S. The van der Waals surface area contributed by atoms with E-state index in [0.29, 0.717) is 43.2 Å². The Morgan fingerprint density at radius 3 is 2.14 bits per heavy atom. The number of rotatable bonds is 7. The highest BCUT2D eigenvalue weighted by molar-refractivity contribution is 7.89. The number of sulfonamides is 1. The third-order valence-electron chi connectivity index (χ3n) is 7.25. The highest BCUT2D eigenvalue weighted by Crippen LogP contribution is 2.34. The second-order valence-electron chi connectivity index (χ2n) is 9.67. The molecule has 0 unspecified atom stereocenters. The summed E-state index contributed by atoms with van der Waals surface area (Å²) in [6.07, 6.45) is 6.98. The molecule has 0 saturated carbocycles. The second kappa shape index (κ2) is 11.2. The fraction of sp³-hybridized carbons (Fsp3) is 0.500. The van der Waals surface area contributed by atoms with Crippen LogP contribution in [0.2, 0.25) is 0 Å². The van der Waals surface area contributed by atoms with Crippen LogP contribution in [0.1, 0.15) is 37.7 Å². The average molecular weight is 528 g/mol. The van der Waals surface area contributed by atoms with E-state index < -0.39 is 14.9 Å². The van der Waals surface area contributed by atoms with Crippen molar-refractivity contribution in [1.29, 1.82) is 0 Å². The van der Waals surface area contributed by atoms with Crippen LogP contribution in [-0.4, -0.2) is 76.3 Å². The monoisotopic (exact) mass is 527 g/mol. The van der Waals surface area contributed by atoms with E-state index in [0.717, 1.165) is 64.0 Å². The van der Waals surface area contributed by atoms with E-state index >= 15 is 0 Å². The molecule has 10 nitrogen and oxygen atoms in total. The summed E-state index contributed by atoms with van der Waals surface area (Å²) in [4.78, 5) is 20.2. The van der Waals surface area contributed by atoms with Crippen molar-refractivity contribution in [2.45, 2.75) is 37.0 Å². The molecular weight excluding hydrogens is 494 g/mol. The zero-order chi connectivity index (χ0) is 25.8. The van der Waals surface area contributed by atoms with Crippen LogP contribution in [0.5, 0.6) is 0 Å². The van der Waals surface area contributed by atoms with Crippen molar-refractivity contribution in [3.05, 3.63) is 52.1 Å². The predicted molar refractivity (Wildman–Crippen MR) is 144 cm³/mol. The smallest absolute Gasteiger partial charge is 0.270 e. The summed E-state index contributed by atoms with van der Waals surface area (Å²) in [7, 11) is -3.75. The number of nitrogens with zero attached hydrogens (tertiary/aromatic N) is 5. The molecule has 3 heterocycles. The first-order valence-electron chi connectivity index (χ1n) is 13.0. The molecule has 11 heteroatoms. The van der Waals surface area contributed by atoms with Crippen LogP contribution in [0.25, 0.3) is 0 Å². The number of nitro groups is 1. The molecule has 37 heavy (non-hydrogen) atoms. The van der Waals surface area contributed by atoms with Crippen LogP contribution in [0, 0.1) is 10.1 Å². The van der Waals surface area contributed by atoms with Gasteiger partial charge in [-0.1, -0.05) is 0 Å². The molecule has 0 radical (unpaired) electrons. The van der Waals surface area contributed by atoms with Crippen molar-refractivity contribution in [2.75, 3.05) is 62.3 Å². The summed E-state index contributed by atoms with van der Waals surface area (Å²) < 4.78 is 34.3. The lowest BCUT2D eigenvalue weighted by atomic mass is 10.1. The number of hydrogen-bond acceptors (Lipinski definition) is 8. The average Bonchev–Trinajstić information content (AvgIpc) is 3.47. The number of morpholine rings is 1. The highest BCUT2D eigenvalue weighted by atomic mass is 32.2. The molecule has 0 spiro atoms. The Labute approximate surface area is 217 Å². The van der Waals surface area contributed by atoms with Gasteiger partial charge in [0.2, 0.25) is 10.0 Å². The van der Waals surface area contributed by atoms with Gasteiger partial charge in [-0.15, -0.1) is 0 Å². The topological polar surface area (TPSA) is 109 Å². The largest absolute Gasteiger partial charge is 0.379 e. The first-order chi connectivity index (χ1) is 17.9. The van der Waals surface area contributed by atoms with E-state index in [1.165, 1.54) is 16.4 Å². The van der Waals surface area contributed by atoms with Gasteiger partial charge in [-0.2, -0.15) is 4.31 Å². The minimum atomic E-state index is -3.75. The lowest BCUT2D eigenvalue weighted by Crippen LogP contribution is -2.41. The number of aliphatic imine (C=N–C) groups is 1. The van der Waals surface area contributed by atoms with Crippen LogP contribution in [0.3, 0.4) is 0 Å². The molecule has 3 fully saturated rings. The Morgan fingerprint density at radius 2 is 1.46 bits per heavy atom. The fourth-order valence-electron chi connectivity index (χ4n) is 5.26. The third-order valence-corrected chi connectivity index (χ3v) is 9.18. The highest BCUT2D eigenvalue weighted by Gasteiger charge is 2.31. The third kappa shape index (κ3) is 5.63. The Morgan fingerprint density at radius 1 is 0.838 bits per heavy atom. The van der Waals surface area contributed by atoms with E-state index in [9.17, 15) is 18.5 Å². The van der Waals surface area contributed by atoms with Gasteiger partial charge in [0.15, 0.2) is 0 Å². The maximum Gasteiger partial charge on any atom is 0.270 e. The Balaban J connectivity index is 1.52. The van der Waals surface area contributed by atoms with Gasteiger partial charge in [-0.3, -0.25) is 15.1 Å². The maximum absolute atomic E-state index is 13.7. The van der Waals surface area contributed by atoms with Gasteiger partial charge < -0.3 is 14.5 Å². The molecule has 3 saturated heterocycles. The molecule has 2 aromatic rings. The quantitative estimate of drug-likeness (QED) is 0.305. The number of non-ortho nitro benzene ring substituents is 1. The Bertz CT molecular complexity index is 1260. The van der Waals surface area contributed by atoms with E-state index in [2.05, 4.69) is 14.8 Å². The van der Waals surface area contributed by atoms with E-state index in [1.54, 1.807) is 18.3 Å². The van der Waals surface area contributed by atoms with Crippen LogP contribution in [0.15, 0.2) is 46.3 Å². The van der Waals surface area contributed by atoms with Crippen molar-refractivity contribution in [3.8, 4) is 0 Å². The van der Waals surface area contributed by atoms with Crippen LogP contribution in [-0.2, 0) is 14.8 Å². The van der Waals surface area contributed by atoms with Crippen molar-refractivity contribution < 1.29 is 18.1 Å². The van der Waals surface area contributed by atoms with Gasteiger partial charge in [0.25, 0.3) is 5.69 Å². The summed E-state index contributed by atoms with van der Waals surface area (Å²) in [5, 5.41) is 11.4. The lowest BCUT2D eigenvalue weighted by Gasteiger charge is -2.32. The Kier molecular flexibility index (Phi) is 7.73. The zero-order valence-corrected chi connectivity index (χ0v) is 21.7. The molecule has 5 rings (SSSR count). The van der Waals surface area contributed by atoms with E-state index in [1.807, 2.05) is 12.1 Å². The van der Waals surface area contributed by atoms with Crippen molar-refractivity contribution in [2.24, 2.45) is 4.99 Å². The SMILES string of the molecule is O=[N+]([O-])c1ccc(N2CCCC2)c(C=Nc2ccc(N3CCCCC3)c(S(=O)(=O)N3CCOCC3)c2)c1. The van der Waals surface area contributed by atoms with Gasteiger partial charge in [0.1, 0.15) is 4.90 Å². The van der Waals surface area contributed by atoms with Crippen molar-refractivity contribution in [1.82, 2.24) is 4.31 Å². The van der Waals surface area contributed by atoms with E-state index in [-0.39, 0.29) is 10.6 Å². The van der Waals surface area contributed by atoms with Crippen LogP contribution >= 0.6 is 0 Å². The van der Waals surface area contributed by atoms with Gasteiger partial charge in [0, 0.05) is 68.9 Å². The number of piperidine rings is 1. The molecule has 0 N–H and O–H groups in total. The van der Waals surface area contributed by atoms with E-state index in [4.69, 9.17) is 4.74 Å². The predicted octanol–water partition coefficient (Wildman–Crippen LogP) is 3.96. The zero-order valence-electron chi connectivity index (χ0n) is 20.9. The number of benzene rings is 2. The maximum atomic E-state index is 13.7. The van der Waals surface area contributed by atoms with Crippen molar-refractivity contribution >= 4 is 39.0 Å². The molecule has 3 aliphatic heterocycles. The molecule has 0 bridgehead atoms. The summed E-state index contributed by atoms with van der Waals surface area (Å²) in [6.45, 7) is 4.83. The summed E-state index contributed by atoms with van der Waals surface area (Å²) in [5.74, 6) is 0. The first-order valence-corrected chi connectivity index (χ1v) is 14.4. The first kappa shape index (κ1) is 25.6. The van der Waals surface area contributed by atoms with Gasteiger partial charge in [-0.05, 0) is 56.4 Å². The molecule has 2 aromatic carbocycles. The Hall–Kier alpha value is -3.02. The van der Waals surface area contributed by atoms with Crippen molar-refractivity contribution in [3.63, 3.8) is 0 Å². The summed E-state index contributed by atoms with van der Waals surface area (Å²) >= 11 is 0. The number of anilines is 2. The summed E-state index contributed by atoms with van der Waals surface area (Å²) in [5.41, 5.74) is 2.75. The second-order valence-corrected chi connectivity index (χ2v) is 11.6. The molecule has 0 aromatic heterocycles. The van der Waals surface area contributed by atoms with Gasteiger partial charge in [-0.25, -0.2) is 8.42 Å². The fourth-order valence-corrected chi connectivity index (χ4v) is 6.90. The molecule has 0 amide bonds. The molecule has 198 valence electrons. The number of hydrogen-bond donors (Lipinski definition) is 0. The minimum Gasteiger partial charge on any atom is -0.379 e.